The lowest BCUT2D eigenvalue weighted by Crippen LogP contribution is -2.23. The van der Waals surface area contributed by atoms with E-state index in [0.29, 0.717) is 5.56 Å². The van der Waals surface area contributed by atoms with Crippen molar-refractivity contribution in [3.05, 3.63) is 24.0 Å². The second kappa shape index (κ2) is 5.43. The molecule has 4 N–H and O–H groups in total. The van der Waals surface area contributed by atoms with E-state index < -0.39 is 18.2 Å². The number of aliphatic hydroxyl groups excluding tert-OH is 2. The number of carbonyl (C=O) groups excluding carboxylic acids is 1. The van der Waals surface area contributed by atoms with Crippen LogP contribution < -0.4 is 5.73 Å². The highest BCUT2D eigenvalue weighted by molar-refractivity contribution is 5.70. The molecule has 1 heterocycles. The molecule has 0 fully saturated rings. The molecule has 2 unspecified atom stereocenters. The van der Waals surface area contributed by atoms with E-state index in [1.807, 2.05) is 0 Å². The Kier molecular flexibility index (Phi) is 4.21. The molecule has 0 aliphatic rings. The van der Waals surface area contributed by atoms with Gasteiger partial charge in [-0.25, -0.2) is 0 Å². The van der Waals surface area contributed by atoms with Crippen molar-refractivity contribution in [3.63, 3.8) is 0 Å². The van der Waals surface area contributed by atoms with Crippen LogP contribution in [0.1, 0.15) is 18.1 Å². The molecule has 88 valence electrons. The zero-order chi connectivity index (χ0) is 12.1. The molecule has 16 heavy (non-hydrogen) atoms. The van der Waals surface area contributed by atoms with Crippen LogP contribution in [0.3, 0.4) is 0 Å². The highest BCUT2D eigenvalue weighted by atomic mass is 16.5. The van der Waals surface area contributed by atoms with Crippen LogP contribution in [0.25, 0.3) is 0 Å². The SMILES string of the molecule is COC(=O)CC(O)C(O)c1ccncc1N. The molecule has 6 nitrogen and oxygen atoms in total. The molecule has 0 saturated carbocycles. The smallest absolute Gasteiger partial charge is 0.308 e. The molecule has 1 rings (SSSR count). The number of nitrogen functional groups attached to an aromatic ring is 1. The van der Waals surface area contributed by atoms with Crippen molar-refractivity contribution in [3.8, 4) is 0 Å². The number of aliphatic hydroxyl groups is 2. The minimum Gasteiger partial charge on any atom is -0.469 e. The van der Waals surface area contributed by atoms with Gasteiger partial charge < -0.3 is 20.7 Å². The fourth-order valence-corrected chi connectivity index (χ4v) is 1.26. The lowest BCUT2D eigenvalue weighted by Gasteiger charge is -2.18. The van der Waals surface area contributed by atoms with Crippen molar-refractivity contribution in [2.24, 2.45) is 0 Å². The summed E-state index contributed by atoms with van der Waals surface area (Å²) in [5.74, 6) is -0.598. The third kappa shape index (κ3) is 2.91. The minimum atomic E-state index is -1.25. The van der Waals surface area contributed by atoms with Gasteiger partial charge in [0.15, 0.2) is 0 Å². The third-order valence-electron chi connectivity index (χ3n) is 2.17. The number of pyridine rings is 1. The standard InChI is InChI=1S/C10H14N2O4/c1-16-9(14)4-8(13)10(15)6-2-3-12-5-7(6)11/h2-3,5,8,10,13,15H,4,11H2,1H3. The van der Waals surface area contributed by atoms with Gasteiger partial charge in [0.2, 0.25) is 0 Å². The van der Waals surface area contributed by atoms with E-state index in [9.17, 15) is 15.0 Å². The van der Waals surface area contributed by atoms with Gasteiger partial charge in [-0.15, -0.1) is 0 Å². The van der Waals surface area contributed by atoms with Crippen molar-refractivity contribution in [2.45, 2.75) is 18.6 Å². The summed E-state index contributed by atoms with van der Waals surface area (Å²) in [6, 6.07) is 1.49. The van der Waals surface area contributed by atoms with Crippen molar-refractivity contribution in [1.82, 2.24) is 4.98 Å². The summed E-state index contributed by atoms with van der Waals surface area (Å²) in [4.78, 5) is 14.7. The van der Waals surface area contributed by atoms with Crippen molar-refractivity contribution in [1.29, 1.82) is 0 Å². The van der Waals surface area contributed by atoms with Gasteiger partial charge in [-0.2, -0.15) is 0 Å². The van der Waals surface area contributed by atoms with E-state index >= 15 is 0 Å². The van der Waals surface area contributed by atoms with Gasteiger partial charge in [0.1, 0.15) is 6.10 Å². The van der Waals surface area contributed by atoms with Crippen LogP contribution in [-0.2, 0) is 9.53 Å². The number of esters is 1. The maximum atomic E-state index is 10.9. The van der Waals surface area contributed by atoms with Crippen LogP contribution in [-0.4, -0.2) is 34.4 Å². The van der Waals surface area contributed by atoms with Crippen molar-refractivity contribution in [2.75, 3.05) is 12.8 Å². The number of nitrogens with two attached hydrogens (primary N) is 1. The maximum absolute atomic E-state index is 10.9. The highest BCUT2D eigenvalue weighted by Gasteiger charge is 2.23. The highest BCUT2D eigenvalue weighted by Crippen LogP contribution is 2.23. The molecule has 0 aliphatic carbocycles. The Hall–Kier alpha value is -1.66. The number of ether oxygens (including phenoxy) is 1. The first kappa shape index (κ1) is 12.4. The summed E-state index contributed by atoms with van der Waals surface area (Å²) in [5.41, 5.74) is 6.17. The monoisotopic (exact) mass is 226 g/mol. The molecular formula is C10H14N2O4. The molecule has 0 aromatic carbocycles. The van der Waals surface area contributed by atoms with Crippen molar-refractivity contribution >= 4 is 11.7 Å². The molecule has 0 spiro atoms. The average molecular weight is 226 g/mol. The lowest BCUT2D eigenvalue weighted by atomic mass is 10.0. The zero-order valence-electron chi connectivity index (χ0n) is 8.83. The molecular weight excluding hydrogens is 212 g/mol. The van der Waals surface area contributed by atoms with Crippen LogP contribution in [0.4, 0.5) is 5.69 Å². The summed E-state index contributed by atoms with van der Waals surface area (Å²) in [6.07, 6.45) is 0.0297. The number of nitrogens with zero attached hydrogens (tertiary/aromatic N) is 1. The molecule has 2 atom stereocenters. The van der Waals surface area contributed by atoms with Gasteiger partial charge in [-0.05, 0) is 6.07 Å². The summed E-state index contributed by atoms with van der Waals surface area (Å²) < 4.78 is 4.38. The van der Waals surface area contributed by atoms with Gasteiger partial charge in [0.25, 0.3) is 0 Å². The second-order valence-electron chi connectivity index (χ2n) is 3.30. The van der Waals surface area contributed by atoms with E-state index in [2.05, 4.69) is 9.72 Å². The summed E-state index contributed by atoms with van der Waals surface area (Å²) in [7, 11) is 1.21. The van der Waals surface area contributed by atoms with Crippen LogP contribution in [0.5, 0.6) is 0 Å². The summed E-state index contributed by atoms with van der Waals surface area (Å²) in [6.45, 7) is 0. The maximum Gasteiger partial charge on any atom is 0.308 e. The molecule has 0 bridgehead atoms. The molecule has 6 heteroatoms. The van der Waals surface area contributed by atoms with Gasteiger partial charge in [-0.1, -0.05) is 0 Å². The Morgan fingerprint density at radius 3 is 2.88 bits per heavy atom. The Labute approximate surface area is 92.7 Å². The van der Waals surface area contributed by atoms with Crippen LogP contribution in [0.15, 0.2) is 18.5 Å². The number of hydrogen-bond donors (Lipinski definition) is 3. The number of methoxy groups -OCH3 is 1. The van der Waals surface area contributed by atoms with E-state index in [1.54, 1.807) is 0 Å². The van der Waals surface area contributed by atoms with E-state index in [-0.39, 0.29) is 12.1 Å². The quantitative estimate of drug-likeness (QED) is 0.604. The average Bonchev–Trinajstić information content (AvgIpc) is 2.28. The van der Waals surface area contributed by atoms with Gasteiger partial charge in [0.05, 0.1) is 31.5 Å². The van der Waals surface area contributed by atoms with Crippen LogP contribution in [0.2, 0.25) is 0 Å². The Bertz CT molecular complexity index is 370. The lowest BCUT2D eigenvalue weighted by molar-refractivity contribution is -0.144. The number of hydrogen-bond acceptors (Lipinski definition) is 6. The first-order valence-electron chi connectivity index (χ1n) is 4.68. The van der Waals surface area contributed by atoms with E-state index in [0.717, 1.165) is 0 Å². The molecule has 0 amide bonds. The van der Waals surface area contributed by atoms with E-state index in [1.165, 1.54) is 25.6 Å². The fourth-order valence-electron chi connectivity index (χ4n) is 1.26. The Morgan fingerprint density at radius 2 is 2.31 bits per heavy atom. The van der Waals surface area contributed by atoms with Gasteiger partial charge in [-0.3, -0.25) is 9.78 Å². The summed E-state index contributed by atoms with van der Waals surface area (Å²) >= 11 is 0. The second-order valence-corrected chi connectivity index (χ2v) is 3.30. The summed E-state index contributed by atoms with van der Waals surface area (Å²) in [5, 5.41) is 19.3. The zero-order valence-corrected chi connectivity index (χ0v) is 8.83. The van der Waals surface area contributed by atoms with Gasteiger partial charge in [0, 0.05) is 11.8 Å². The predicted molar refractivity (Wildman–Crippen MR) is 56.2 cm³/mol. The fraction of sp³-hybridized carbons (Fsp3) is 0.400. The number of anilines is 1. The van der Waals surface area contributed by atoms with Crippen LogP contribution >= 0.6 is 0 Å². The van der Waals surface area contributed by atoms with E-state index in [4.69, 9.17) is 5.73 Å². The van der Waals surface area contributed by atoms with Crippen molar-refractivity contribution < 1.29 is 19.7 Å². The van der Waals surface area contributed by atoms with Crippen LogP contribution in [0, 0.1) is 0 Å². The first-order chi connectivity index (χ1) is 7.56. The first-order valence-corrected chi connectivity index (χ1v) is 4.68. The Morgan fingerprint density at radius 1 is 1.62 bits per heavy atom. The minimum absolute atomic E-state index is 0.263. The normalized spacial score (nSPS) is 14.2. The molecule has 0 saturated heterocycles. The number of aromatic nitrogens is 1. The Balaban J connectivity index is 2.74. The number of rotatable bonds is 4. The van der Waals surface area contributed by atoms with Gasteiger partial charge >= 0.3 is 5.97 Å². The molecule has 0 aliphatic heterocycles. The molecule has 1 aromatic rings. The largest absolute Gasteiger partial charge is 0.469 e. The number of carbonyl (C=O) groups is 1. The topological polar surface area (TPSA) is 106 Å². The third-order valence-corrected chi connectivity index (χ3v) is 2.17. The predicted octanol–water partition coefficient (Wildman–Crippen LogP) is -0.379. The molecule has 1 aromatic heterocycles. The molecule has 0 radical (unpaired) electrons.